The summed E-state index contributed by atoms with van der Waals surface area (Å²) < 4.78 is 0.901. The number of nitrogens with zero attached hydrogens (tertiary/aromatic N) is 1. The minimum Gasteiger partial charge on any atom is -0.356 e. The van der Waals surface area contributed by atoms with E-state index in [2.05, 4.69) is 45.2 Å². The molecule has 0 spiro atoms. The van der Waals surface area contributed by atoms with Gasteiger partial charge in [-0.2, -0.15) is 0 Å². The van der Waals surface area contributed by atoms with Crippen LogP contribution >= 0.6 is 15.9 Å². The fourth-order valence-corrected chi connectivity index (χ4v) is 2.46. The van der Waals surface area contributed by atoms with Gasteiger partial charge in [0.15, 0.2) is 0 Å². The van der Waals surface area contributed by atoms with Crippen LogP contribution in [-0.4, -0.2) is 29.4 Å². The summed E-state index contributed by atoms with van der Waals surface area (Å²) in [6, 6.07) is 12.3. The Labute approximate surface area is 128 Å². The standard InChI is InChI=1S/C16H19BrN2O/c1-19(16(20)15-11-14(17)12-18-15)10-6-5-9-13-7-3-2-4-8-13/h2-4,7-8,11-12,18H,5-6,9-10H2,1H3. The van der Waals surface area contributed by atoms with E-state index < -0.39 is 0 Å². The number of aryl methyl sites for hydroxylation is 1. The van der Waals surface area contributed by atoms with E-state index >= 15 is 0 Å². The molecule has 1 heterocycles. The molecule has 1 aromatic heterocycles. The highest BCUT2D eigenvalue weighted by molar-refractivity contribution is 9.10. The highest BCUT2D eigenvalue weighted by Gasteiger charge is 2.12. The van der Waals surface area contributed by atoms with Gasteiger partial charge in [0, 0.05) is 24.3 Å². The molecule has 2 aromatic rings. The maximum atomic E-state index is 12.1. The average Bonchev–Trinajstić information content (AvgIpc) is 2.90. The minimum atomic E-state index is 0.0374. The lowest BCUT2D eigenvalue weighted by atomic mass is 10.1. The minimum absolute atomic E-state index is 0.0374. The van der Waals surface area contributed by atoms with Crippen molar-refractivity contribution in [1.29, 1.82) is 0 Å². The first-order chi connectivity index (χ1) is 9.66. The molecule has 0 aliphatic carbocycles. The number of aromatic nitrogens is 1. The Balaban J connectivity index is 1.72. The number of rotatable bonds is 6. The van der Waals surface area contributed by atoms with Crippen molar-refractivity contribution >= 4 is 21.8 Å². The highest BCUT2D eigenvalue weighted by Crippen LogP contribution is 2.12. The van der Waals surface area contributed by atoms with Crippen LogP contribution in [0.4, 0.5) is 0 Å². The van der Waals surface area contributed by atoms with Gasteiger partial charge in [-0.05, 0) is 46.8 Å². The number of H-pyrrole nitrogens is 1. The second-order valence-electron chi connectivity index (χ2n) is 4.90. The van der Waals surface area contributed by atoms with Crippen LogP contribution in [-0.2, 0) is 6.42 Å². The topological polar surface area (TPSA) is 36.1 Å². The number of carbonyl (C=O) groups is 1. The molecule has 1 amide bonds. The number of carbonyl (C=O) groups excluding carboxylic acids is 1. The summed E-state index contributed by atoms with van der Waals surface area (Å²) >= 11 is 3.34. The van der Waals surface area contributed by atoms with E-state index in [-0.39, 0.29) is 5.91 Å². The number of aromatic amines is 1. The van der Waals surface area contributed by atoms with Crippen molar-refractivity contribution in [2.75, 3.05) is 13.6 Å². The van der Waals surface area contributed by atoms with Crippen molar-refractivity contribution in [3.63, 3.8) is 0 Å². The Hall–Kier alpha value is -1.55. The molecular formula is C16H19BrN2O. The molecule has 0 fully saturated rings. The zero-order valence-electron chi connectivity index (χ0n) is 11.6. The zero-order valence-corrected chi connectivity index (χ0v) is 13.2. The van der Waals surface area contributed by atoms with Gasteiger partial charge in [0.2, 0.25) is 0 Å². The van der Waals surface area contributed by atoms with Crippen LogP contribution in [0.2, 0.25) is 0 Å². The quantitative estimate of drug-likeness (QED) is 0.799. The first kappa shape index (κ1) is 14.9. The molecule has 0 bridgehead atoms. The van der Waals surface area contributed by atoms with E-state index in [9.17, 15) is 4.79 Å². The molecule has 0 unspecified atom stereocenters. The van der Waals surface area contributed by atoms with Crippen molar-refractivity contribution in [3.8, 4) is 0 Å². The summed E-state index contributed by atoms with van der Waals surface area (Å²) in [5.41, 5.74) is 1.98. The van der Waals surface area contributed by atoms with Crippen LogP contribution in [0.25, 0.3) is 0 Å². The second-order valence-corrected chi connectivity index (χ2v) is 5.82. The number of hydrogen-bond donors (Lipinski definition) is 1. The summed E-state index contributed by atoms with van der Waals surface area (Å²) in [7, 11) is 1.85. The Morgan fingerprint density at radius 3 is 2.65 bits per heavy atom. The molecule has 0 radical (unpaired) electrons. The molecule has 106 valence electrons. The molecule has 0 saturated heterocycles. The van der Waals surface area contributed by atoms with E-state index in [1.807, 2.05) is 19.2 Å². The van der Waals surface area contributed by atoms with E-state index in [0.29, 0.717) is 5.69 Å². The first-order valence-electron chi connectivity index (χ1n) is 6.80. The van der Waals surface area contributed by atoms with Gasteiger partial charge >= 0.3 is 0 Å². The monoisotopic (exact) mass is 334 g/mol. The smallest absolute Gasteiger partial charge is 0.270 e. The van der Waals surface area contributed by atoms with Crippen molar-refractivity contribution in [2.24, 2.45) is 0 Å². The number of nitrogens with one attached hydrogen (secondary N) is 1. The molecule has 2 rings (SSSR count). The van der Waals surface area contributed by atoms with Crippen LogP contribution in [0.15, 0.2) is 47.1 Å². The third kappa shape index (κ3) is 4.23. The lowest BCUT2D eigenvalue weighted by Crippen LogP contribution is -2.28. The summed E-state index contributed by atoms with van der Waals surface area (Å²) in [5, 5.41) is 0. The van der Waals surface area contributed by atoms with Crippen LogP contribution < -0.4 is 0 Å². The Morgan fingerprint density at radius 1 is 1.25 bits per heavy atom. The highest BCUT2D eigenvalue weighted by atomic mass is 79.9. The van der Waals surface area contributed by atoms with E-state index in [1.165, 1.54) is 5.56 Å². The zero-order chi connectivity index (χ0) is 14.4. The molecule has 0 atom stereocenters. The summed E-state index contributed by atoms with van der Waals surface area (Å²) in [4.78, 5) is 16.8. The van der Waals surface area contributed by atoms with Gasteiger partial charge in [0.05, 0.1) is 0 Å². The number of hydrogen-bond acceptors (Lipinski definition) is 1. The van der Waals surface area contributed by atoms with Crippen molar-refractivity contribution in [3.05, 3.63) is 58.3 Å². The van der Waals surface area contributed by atoms with Gasteiger partial charge in [-0.3, -0.25) is 4.79 Å². The van der Waals surface area contributed by atoms with E-state index in [4.69, 9.17) is 0 Å². The van der Waals surface area contributed by atoms with E-state index in [0.717, 1.165) is 30.3 Å². The average molecular weight is 335 g/mol. The first-order valence-corrected chi connectivity index (χ1v) is 7.59. The molecule has 20 heavy (non-hydrogen) atoms. The molecule has 1 aromatic carbocycles. The van der Waals surface area contributed by atoms with Crippen LogP contribution in [0.5, 0.6) is 0 Å². The number of amides is 1. The van der Waals surface area contributed by atoms with Gasteiger partial charge in [-0.25, -0.2) is 0 Å². The normalized spacial score (nSPS) is 10.5. The van der Waals surface area contributed by atoms with Gasteiger partial charge in [0.25, 0.3) is 5.91 Å². The summed E-state index contributed by atoms with van der Waals surface area (Å²) in [6.45, 7) is 0.780. The lowest BCUT2D eigenvalue weighted by Gasteiger charge is -2.16. The Bertz CT molecular complexity index is 551. The predicted molar refractivity (Wildman–Crippen MR) is 84.8 cm³/mol. The van der Waals surface area contributed by atoms with Gasteiger partial charge < -0.3 is 9.88 Å². The van der Waals surface area contributed by atoms with E-state index in [1.54, 1.807) is 11.1 Å². The molecule has 0 aliphatic rings. The number of unbranched alkanes of at least 4 members (excludes halogenated alkanes) is 1. The van der Waals surface area contributed by atoms with Crippen molar-refractivity contribution in [1.82, 2.24) is 9.88 Å². The maximum absolute atomic E-state index is 12.1. The largest absolute Gasteiger partial charge is 0.356 e. The van der Waals surface area contributed by atoms with Gasteiger partial charge in [-0.15, -0.1) is 0 Å². The number of benzene rings is 1. The molecular weight excluding hydrogens is 316 g/mol. The third-order valence-corrected chi connectivity index (χ3v) is 3.73. The number of halogens is 1. The Morgan fingerprint density at radius 2 is 2.00 bits per heavy atom. The SMILES string of the molecule is CN(CCCCc1ccccc1)C(=O)c1cc(Br)c[nH]1. The van der Waals surface area contributed by atoms with Crippen molar-refractivity contribution < 1.29 is 4.79 Å². The molecule has 1 N–H and O–H groups in total. The summed E-state index contributed by atoms with van der Waals surface area (Å²) in [6.07, 6.45) is 4.95. The molecule has 0 aliphatic heterocycles. The van der Waals surface area contributed by atoms with Crippen molar-refractivity contribution in [2.45, 2.75) is 19.3 Å². The third-order valence-electron chi connectivity index (χ3n) is 3.28. The van der Waals surface area contributed by atoms with Crippen LogP contribution in [0, 0.1) is 0 Å². The molecule has 0 saturated carbocycles. The van der Waals surface area contributed by atoms with Crippen LogP contribution in [0.3, 0.4) is 0 Å². The molecule has 3 nitrogen and oxygen atoms in total. The second kappa shape index (κ2) is 7.29. The fraction of sp³-hybridized carbons (Fsp3) is 0.312. The fourth-order valence-electron chi connectivity index (χ4n) is 2.12. The predicted octanol–water partition coefficient (Wildman–Crippen LogP) is 3.87. The summed E-state index contributed by atoms with van der Waals surface area (Å²) in [5.74, 6) is 0.0374. The molecule has 4 heteroatoms. The van der Waals surface area contributed by atoms with Gasteiger partial charge in [-0.1, -0.05) is 30.3 Å². The Kier molecular flexibility index (Phi) is 5.41. The lowest BCUT2D eigenvalue weighted by molar-refractivity contribution is 0.0788. The maximum Gasteiger partial charge on any atom is 0.270 e. The van der Waals surface area contributed by atoms with Gasteiger partial charge in [0.1, 0.15) is 5.69 Å². The van der Waals surface area contributed by atoms with Crippen LogP contribution in [0.1, 0.15) is 28.9 Å².